The predicted octanol–water partition coefficient (Wildman–Crippen LogP) is 2.91. The Morgan fingerprint density at radius 1 is 1.20 bits per heavy atom. The van der Waals surface area contributed by atoms with E-state index in [0.717, 1.165) is 19.4 Å². The topological polar surface area (TPSA) is 41.5 Å². The maximum atomic E-state index is 9.78. The zero-order chi connectivity index (χ0) is 14.3. The summed E-state index contributed by atoms with van der Waals surface area (Å²) in [6.07, 6.45) is 6.04. The lowest BCUT2D eigenvalue weighted by Gasteiger charge is -2.37. The largest absolute Gasteiger partial charge is 0.396 e. The van der Waals surface area contributed by atoms with E-state index in [1.807, 2.05) is 6.07 Å². The molecular formula is C17H27NO2. The highest BCUT2D eigenvalue weighted by Crippen LogP contribution is 2.35. The maximum Gasteiger partial charge on any atom is 0.0657 e. The van der Waals surface area contributed by atoms with E-state index in [0.29, 0.717) is 6.61 Å². The fourth-order valence-electron chi connectivity index (χ4n) is 3.16. The second kappa shape index (κ2) is 7.77. The van der Waals surface area contributed by atoms with Crippen LogP contribution < -0.4 is 5.32 Å². The van der Waals surface area contributed by atoms with E-state index in [4.69, 9.17) is 4.74 Å². The zero-order valence-electron chi connectivity index (χ0n) is 12.5. The summed E-state index contributed by atoms with van der Waals surface area (Å²) in [4.78, 5) is 0. The lowest BCUT2D eigenvalue weighted by atomic mass is 9.74. The number of hydrogen-bond donors (Lipinski definition) is 2. The molecule has 1 unspecified atom stereocenters. The molecule has 1 atom stereocenters. The Balaban J connectivity index is 1.97. The van der Waals surface area contributed by atoms with Crippen LogP contribution in [0, 0.1) is 5.41 Å². The standard InChI is InChI=1S/C17H27NO2/c1-20-12-16(15-8-4-2-5-9-15)18-13-17(14-19)10-6-3-7-11-17/h2,4-5,8-9,16,18-19H,3,6-7,10-14H2,1H3. The van der Waals surface area contributed by atoms with Crippen LogP contribution in [0.1, 0.15) is 43.7 Å². The normalized spacial score (nSPS) is 19.7. The third-order valence-corrected chi connectivity index (χ3v) is 4.51. The number of aliphatic hydroxyl groups excluding tert-OH is 1. The lowest BCUT2D eigenvalue weighted by Crippen LogP contribution is -2.41. The Morgan fingerprint density at radius 2 is 1.90 bits per heavy atom. The molecule has 1 aromatic rings. The molecule has 0 aromatic heterocycles. The van der Waals surface area contributed by atoms with Gasteiger partial charge in [-0.3, -0.25) is 0 Å². The van der Waals surface area contributed by atoms with Crippen LogP contribution in [0.3, 0.4) is 0 Å². The summed E-state index contributed by atoms with van der Waals surface area (Å²) in [5, 5.41) is 13.4. The van der Waals surface area contributed by atoms with Crippen molar-refractivity contribution >= 4 is 0 Å². The molecule has 0 spiro atoms. The van der Waals surface area contributed by atoms with Crippen LogP contribution in [0.4, 0.5) is 0 Å². The first-order valence-electron chi connectivity index (χ1n) is 7.68. The van der Waals surface area contributed by atoms with E-state index < -0.39 is 0 Å². The number of aliphatic hydroxyl groups is 1. The summed E-state index contributed by atoms with van der Waals surface area (Å²) in [6.45, 7) is 1.81. The molecule has 2 rings (SSSR count). The molecule has 0 amide bonds. The molecule has 1 aliphatic carbocycles. The van der Waals surface area contributed by atoms with Gasteiger partial charge >= 0.3 is 0 Å². The molecule has 1 aliphatic rings. The number of hydrogen-bond acceptors (Lipinski definition) is 3. The maximum absolute atomic E-state index is 9.78. The lowest BCUT2D eigenvalue weighted by molar-refractivity contribution is 0.0720. The van der Waals surface area contributed by atoms with Gasteiger partial charge in [0.1, 0.15) is 0 Å². The Morgan fingerprint density at radius 3 is 2.50 bits per heavy atom. The molecule has 0 heterocycles. The Hall–Kier alpha value is -0.900. The number of benzene rings is 1. The highest BCUT2D eigenvalue weighted by atomic mass is 16.5. The van der Waals surface area contributed by atoms with Crippen molar-refractivity contribution in [3.63, 3.8) is 0 Å². The van der Waals surface area contributed by atoms with Gasteiger partial charge in [0.25, 0.3) is 0 Å². The molecule has 0 aliphatic heterocycles. The van der Waals surface area contributed by atoms with Crippen molar-refractivity contribution in [2.24, 2.45) is 5.41 Å². The van der Waals surface area contributed by atoms with Crippen molar-refractivity contribution in [2.45, 2.75) is 38.1 Å². The van der Waals surface area contributed by atoms with Crippen molar-refractivity contribution in [1.29, 1.82) is 0 Å². The van der Waals surface area contributed by atoms with Crippen LogP contribution in [0.15, 0.2) is 30.3 Å². The van der Waals surface area contributed by atoms with Crippen LogP contribution in [-0.4, -0.2) is 32.0 Å². The third kappa shape index (κ3) is 4.05. The Labute approximate surface area is 122 Å². The number of methoxy groups -OCH3 is 1. The minimum absolute atomic E-state index is 0.0685. The summed E-state index contributed by atoms with van der Waals surface area (Å²) in [7, 11) is 1.74. The monoisotopic (exact) mass is 277 g/mol. The van der Waals surface area contributed by atoms with Crippen LogP contribution in [0.5, 0.6) is 0 Å². The van der Waals surface area contributed by atoms with E-state index in [1.54, 1.807) is 7.11 Å². The van der Waals surface area contributed by atoms with E-state index in [2.05, 4.69) is 29.6 Å². The van der Waals surface area contributed by atoms with Gasteiger partial charge in [-0.25, -0.2) is 0 Å². The van der Waals surface area contributed by atoms with Gasteiger partial charge in [0, 0.05) is 25.7 Å². The zero-order valence-corrected chi connectivity index (χ0v) is 12.5. The van der Waals surface area contributed by atoms with Gasteiger partial charge in [0.15, 0.2) is 0 Å². The van der Waals surface area contributed by atoms with Gasteiger partial charge in [-0.05, 0) is 18.4 Å². The first-order valence-corrected chi connectivity index (χ1v) is 7.68. The van der Waals surface area contributed by atoms with Crippen molar-refractivity contribution in [3.05, 3.63) is 35.9 Å². The molecule has 2 N–H and O–H groups in total. The van der Waals surface area contributed by atoms with Gasteiger partial charge in [-0.2, -0.15) is 0 Å². The molecule has 3 nitrogen and oxygen atoms in total. The molecule has 1 fully saturated rings. The van der Waals surface area contributed by atoms with Crippen LogP contribution >= 0.6 is 0 Å². The van der Waals surface area contributed by atoms with Gasteiger partial charge in [-0.15, -0.1) is 0 Å². The molecular weight excluding hydrogens is 250 g/mol. The van der Waals surface area contributed by atoms with E-state index in [-0.39, 0.29) is 18.1 Å². The third-order valence-electron chi connectivity index (χ3n) is 4.51. The van der Waals surface area contributed by atoms with Crippen LogP contribution in [0.2, 0.25) is 0 Å². The molecule has 20 heavy (non-hydrogen) atoms. The average molecular weight is 277 g/mol. The Kier molecular flexibility index (Phi) is 6.02. The van der Waals surface area contributed by atoms with Crippen LogP contribution in [-0.2, 0) is 4.74 Å². The highest BCUT2D eigenvalue weighted by Gasteiger charge is 2.31. The summed E-state index contributed by atoms with van der Waals surface area (Å²) in [5.74, 6) is 0. The average Bonchev–Trinajstić information content (AvgIpc) is 2.53. The molecule has 3 heteroatoms. The van der Waals surface area contributed by atoms with Crippen LogP contribution in [0.25, 0.3) is 0 Å². The molecule has 1 saturated carbocycles. The highest BCUT2D eigenvalue weighted by molar-refractivity contribution is 5.19. The van der Waals surface area contributed by atoms with Gasteiger partial charge in [0.05, 0.1) is 12.6 Å². The fraction of sp³-hybridized carbons (Fsp3) is 0.647. The van der Waals surface area contributed by atoms with Crippen molar-refractivity contribution < 1.29 is 9.84 Å². The summed E-state index contributed by atoms with van der Waals surface area (Å²) < 4.78 is 5.34. The minimum atomic E-state index is 0.0685. The molecule has 1 aromatic carbocycles. The van der Waals surface area contributed by atoms with Gasteiger partial charge in [0.2, 0.25) is 0 Å². The van der Waals surface area contributed by atoms with Gasteiger partial charge in [-0.1, -0.05) is 49.6 Å². The SMILES string of the molecule is COCC(NCC1(CO)CCCCC1)c1ccccc1. The Bertz CT molecular complexity index is 374. The first-order chi connectivity index (χ1) is 9.79. The smallest absolute Gasteiger partial charge is 0.0657 e. The summed E-state index contributed by atoms with van der Waals surface area (Å²) in [6, 6.07) is 10.6. The minimum Gasteiger partial charge on any atom is -0.396 e. The fourth-order valence-corrected chi connectivity index (χ4v) is 3.16. The molecule has 0 bridgehead atoms. The van der Waals surface area contributed by atoms with Crippen molar-refractivity contribution in [3.8, 4) is 0 Å². The second-order valence-corrected chi connectivity index (χ2v) is 6.02. The first kappa shape index (κ1) is 15.5. The van der Waals surface area contributed by atoms with E-state index in [1.165, 1.54) is 24.8 Å². The number of ether oxygens (including phenoxy) is 1. The predicted molar refractivity (Wildman–Crippen MR) is 81.7 cm³/mol. The summed E-state index contributed by atoms with van der Waals surface area (Å²) in [5.41, 5.74) is 1.32. The summed E-state index contributed by atoms with van der Waals surface area (Å²) >= 11 is 0. The van der Waals surface area contributed by atoms with E-state index in [9.17, 15) is 5.11 Å². The van der Waals surface area contributed by atoms with E-state index >= 15 is 0 Å². The van der Waals surface area contributed by atoms with Gasteiger partial charge < -0.3 is 15.2 Å². The molecule has 0 radical (unpaired) electrons. The molecule has 0 saturated heterocycles. The molecule has 112 valence electrons. The van der Waals surface area contributed by atoms with Crippen molar-refractivity contribution in [1.82, 2.24) is 5.32 Å². The number of nitrogens with one attached hydrogen (secondary N) is 1. The van der Waals surface area contributed by atoms with Crippen molar-refractivity contribution in [2.75, 3.05) is 26.9 Å². The second-order valence-electron chi connectivity index (χ2n) is 6.02. The quantitative estimate of drug-likeness (QED) is 0.805. The number of rotatable bonds is 7.